The Bertz CT molecular complexity index is 281. The Morgan fingerprint density at radius 3 is 2.36 bits per heavy atom. The highest BCUT2D eigenvalue weighted by molar-refractivity contribution is 7.90. The summed E-state index contributed by atoms with van der Waals surface area (Å²) in [5.74, 6) is 0. The van der Waals surface area contributed by atoms with E-state index >= 15 is 0 Å². The molecule has 3 N–H and O–H groups in total. The van der Waals surface area contributed by atoms with Gasteiger partial charge in [0, 0.05) is 6.54 Å². The van der Waals surface area contributed by atoms with Crippen molar-refractivity contribution < 1.29 is 8.42 Å². The van der Waals surface area contributed by atoms with Crippen molar-refractivity contribution in [2.75, 3.05) is 13.1 Å². The summed E-state index contributed by atoms with van der Waals surface area (Å²) in [6.07, 6.45) is 3.13. The molecule has 0 spiro atoms. The lowest BCUT2D eigenvalue weighted by Crippen LogP contribution is -2.35. The van der Waals surface area contributed by atoms with Crippen LogP contribution in [0.25, 0.3) is 0 Å². The topological polar surface area (TPSA) is 72.2 Å². The van der Waals surface area contributed by atoms with E-state index in [2.05, 4.69) is 4.72 Å². The summed E-state index contributed by atoms with van der Waals surface area (Å²) in [6, 6.07) is 0. The molecule has 5 heteroatoms. The quantitative estimate of drug-likeness (QED) is 0.682. The van der Waals surface area contributed by atoms with E-state index in [1.54, 1.807) is 13.8 Å². The number of nitrogens with one attached hydrogen (secondary N) is 1. The van der Waals surface area contributed by atoms with Crippen molar-refractivity contribution in [1.29, 1.82) is 0 Å². The Morgan fingerprint density at radius 2 is 2.00 bits per heavy atom. The summed E-state index contributed by atoms with van der Waals surface area (Å²) < 4.78 is 25.6. The Balaban J connectivity index is 2.41. The number of sulfonamides is 1. The van der Waals surface area contributed by atoms with E-state index in [1.807, 2.05) is 0 Å². The Labute approximate surface area is 86.3 Å². The zero-order valence-corrected chi connectivity index (χ0v) is 9.73. The monoisotopic (exact) mass is 220 g/mol. The molecule has 1 aliphatic carbocycles. The summed E-state index contributed by atoms with van der Waals surface area (Å²) in [7, 11) is -3.10. The zero-order chi connectivity index (χ0) is 10.8. The molecule has 0 heterocycles. The fourth-order valence-corrected chi connectivity index (χ4v) is 2.26. The maximum absolute atomic E-state index is 11.5. The van der Waals surface area contributed by atoms with Crippen LogP contribution in [0.4, 0.5) is 0 Å². The van der Waals surface area contributed by atoms with Crippen LogP contribution in [0.1, 0.15) is 33.1 Å². The van der Waals surface area contributed by atoms with Gasteiger partial charge in [-0.2, -0.15) is 0 Å². The molecule has 4 nitrogen and oxygen atoms in total. The van der Waals surface area contributed by atoms with Crippen molar-refractivity contribution >= 4 is 10.0 Å². The average Bonchev–Trinajstić information content (AvgIpc) is 2.83. The first kappa shape index (κ1) is 11.9. The van der Waals surface area contributed by atoms with Crippen molar-refractivity contribution in [2.45, 2.75) is 38.4 Å². The zero-order valence-electron chi connectivity index (χ0n) is 8.91. The first-order chi connectivity index (χ1) is 6.42. The van der Waals surface area contributed by atoms with E-state index in [9.17, 15) is 8.42 Å². The third kappa shape index (κ3) is 2.93. The van der Waals surface area contributed by atoms with Gasteiger partial charge in [0.25, 0.3) is 0 Å². The third-order valence-electron chi connectivity index (χ3n) is 2.90. The van der Waals surface area contributed by atoms with Crippen molar-refractivity contribution in [3.05, 3.63) is 0 Å². The summed E-state index contributed by atoms with van der Waals surface area (Å²) in [6.45, 7) is 4.57. The van der Waals surface area contributed by atoms with E-state index in [0.717, 1.165) is 19.3 Å². The van der Waals surface area contributed by atoms with Gasteiger partial charge in [-0.15, -0.1) is 0 Å². The van der Waals surface area contributed by atoms with Gasteiger partial charge in [0.1, 0.15) is 0 Å². The minimum atomic E-state index is -3.10. The molecule has 0 aromatic heterocycles. The Morgan fingerprint density at radius 1 is 1.43 bits per heavy atom. The van der Waals surface area contributed by atoms with Gasteiger partial charge in [-0.25, -0.2) is 13.1 Å². The molecule has 0 unspecified atom stereocenters. The molecule has 0 aliphatic heterocycles. The van der Waals surface area contributed by atoms with Crippen molar-refractivity contribution in [1.82, 2.24) is 4.72 Å². The highest BCUT2D eigenvalue weighted by Gasteiger charge is 2.42. The maximum atomic E-state index is 11.5. The van der Waals surface area contributed by atoms with Crippen LogP contribution < -0.4 is 10.5 Å². The molecule has 0 saturated heterocycles. The van der Waals surface area contributed by atoms with Gasteiger partial charge in [0.15, 0.2) is 0 Å². The van der Waals surface area contributed by atoms with Crippen molar-refractivity contribution in [3.63, 3.8) is 0 Å². The molecular weight excluding hydrogens is 200 g/mol. The lowest BCUT2D eigenvalue weighted by atomic mass is 10.0. The third-order valence-corrected chi connectivity index (χ3v) is 4.69. The number of hydrogen-bond donors (Lipinski definition) is 2. The summed E-state index contributed by atoms with van der Waals surface area (Å²) in [4.78, 5) is 0. The van der Waals surface area contributed by atoms with Gasteiger partial charge < -0.3 is 5.73 Å². The number of hydrogen-bond acceptors (Lipinski definition) is 3. The standard InChI is InChI=1S/C9H20N2O2S/c1-8(2)14(12,13)11-7-9(3-4-9)5-6-10/h8,11H,3-7,10H2,1-2H3. The molecule has 0 amide bonds. The number of nitrogens with two attached hydrogens (primary N) is 1. The summed E-state index contributed by atoms with van der Waals surface area (Å²) >= 11 is 0. The minimum absolute atomic E-state index is 0.177. The fraction of sp³-hybridized carbons (Fsp3) is 1.00. The molecule has 1 aliphatic rings. The van der Waals surface area contributed by atoms with Gasteiger partial charge in [-0.3, -0.25) is 0 Å². The van der Waals surface area contributed by atoms with Gasteiger partial charge in [0.05, 0.1) is 5.25 Å². The van der Waals surface area contributed by atoms with Crippen LogP contribution in [0.15, 0.2) is 0 Å². The predicted octanol–water partition coefficient (Wildman–Crippen LogP) is 0.443. The normalized spacial score (nSPS) is 20.0. The maximum Gasteiger partial charge on any atom is 0.213 e. The lowest BCUT2D eigenvalue weighted by Gasteiger charge is -2.16. The Hall–Kier alpha value is -0.130. The number of rotatable bonds is 6. The molecule has 0 radical (unpaired) electrons. The second-order valence-corrected chi connectivity index (χ2v) is 6.78. The second kappa shape index (κ2) is 4.16. The van der Waals surface area contributed by atoms with E-state index in [0.29, 0.717) is 13.1 Å². The van der Waals surface area contributed by atoms with E-state index < -0.39 is 10.0 Å². The van der Waals surface area contributed by atoms with Gasteiger partial charge in [-0.05, 0) is 45.1 Å². The molecule has 1 rings (SSSR count). The van der Waals surface area contributed by atoms with Crippen molar-refractivity contribution in [3.8, 4) is 0 Å². The smallest absolute Gasteiger partial charge is 0.213 e. The van der Waals surface area contributed by atoms with Crippen LogP contribution in [0.2, 0.25) is 0 Å². The fourth-order valence-electron chi connectivity index (χ4n) is 1.42. The molecule has 1 fully saturated rings. The minimum Gasteiger partial charge on any atom is -0.330 e. The molecule has 14 heavy (non-hydrogen) atoms. The van der Waals surface area contributed by atoms with Gasteiger partial charge >= 0.3 is 0 Å². The highest BCUT2D eigenvalue weighted by atomic mass is 32.2. The first-order valence-corrected chi connectivity index (χ1v) is 6.65. The average molecular weight is 220 g/mol. The van der Waals surface area contributed by atoms with Crippen LogP contribution in [-0.2, 0) is 10.0 Å². The summed E-state index contributed by atoms with van der Waals surface area (Å²) in [5, 5.41) is -0.351. The van der Waals surface area contributed by atoms with Crippen LogP contribution >= 0.6 is 0 Å². The molecule has 0 aromatic rings. The van der Waals surface area contributed by atoms with E-state index in [4.69, 9.17) is 5.73 Å². The largest absolute Gasteiger partial charge is 0.330 e. The molecule has 1 saturated carbocycles. The van der Waals surface area contributed by atoms with Crippen LogP contribution in [0.3, 0.4) is 0 Å². The highest BCUT2D eigenvalue weighted by Crippen LogP contribution is 2.47. The van der Waals surface area contributed by atoms with Crippen LogP contribution in [-0.4, -0.2) is 26.8 Å². The van der Waals surface area contributed by atoms with Crippen LogP contribution in [0, 0.1) is 5.41 Å². The second-order valence-electron chi connectivity index (χ2n) is 4.45. The van der Waals surface area contributed by atoms with Crippen molar-refractivity contribution in [2.24, 2.45) is 11.1 Å². The Kier molecular flexibility index (Phi) is 3.55. The lowest BCUT2D eigenvalue weighted by molar-refractivity contribution is 0.460. The predicted molar refractivity (Wildman–Crippen MR) is 57.4 cm³/mol. The molecular formula is C9H20N2O2S. The van der Waals surface area contributed by atoms with Crippen LogP contribution in [0.5, 0.6) is 0 Å². The molecule has 0 atom stereocenters. The van der Waals surface area contributed by atoms with Gasteiger partial charge in [-0.1, -0.05) is 0 Å². The first-order valence-electron chi connectivity index (χ1n) is 5.10. The van der Waals surface area contributed by atoms with E-state index in [-0.39, 0.29) is 10.7 Å². The molecule has 84 valence electrons. The van der Waals surface area contributed by atoms with Gasteiger partial charge in [0.2, 0.25) is 10.0 Å². The SMILES string of the molecule is CC(C)S(=O)(=O)NCC1(CCN)CC1. The van der Waals surface area contributed by atoms with E-state index in [1.165, 1.54) is 0 Å². The summed E-state index contributed by atoms with van der Waals surface area (Å²) in [5.41, 5.74) is 5.65. The molecule has 0 aromatic carbocycles. The molecule has 0 bridgehead atoms.